The number of benzene rings is 1. The molecule has 2 fully saturated rings. The van der Waals surface area contributed by atoms with Gasteiger partial charge in [0.2, 0.25) is 0 Å². The van der Waals surface area contributed by atoms with Gasteiger partial charge in [-0.05, 0) is 56.7 Å². The minimum absolute atomic E-state index is 0. The summed E-state index contributed by atoms with van der Waals surface area (Å²) in [5.41, 5.74) is 1.15. The molecule has 0 bridgehead atoms. The van der Waals surface area contributed by atoms with Crippen molar-refractivity contribution in [2.24, 2.45) is 4.99 Å². The van der Waals surface area contributed by atoms with Crippen molar-refractivity contribution in [3.63, 3.8) is 0 Å². The number of aliphatic imine (C=N–C) groups is 1. The molecule has 8 heteroatoms. The second-order valence-electron chi connectivity index (χ2n) is 8.52. The number of rotatable bonds is 11. The van der Waals surface area contributed by atoms with Gasteiger partial charge in [0.25, 0.3) is 0 Å². The van der Waals surface area contributed by atoms with E-state index in [1.807, 2.05) is 12.1 Å². The van der Waals surface area contributed by atoms with E-state index in [1.165, 1.54) is 12.8 Å². The highest BCUT2D eigenvalue weighted by Crippen LogP contribution is 2.19. The summed E-state index contributed by atoms with van der Waals surface area (Å²) in [7, 11) is 1.71. The van der Waals surface area contributed by atoms with Crippen molar-refractivity contribution in [2.45, 2.75) is 64.2 Å². The van der Waals surface area contributed by atoms with Gasteiger partial charge < -0.3 is 29.2 Å². The lowest BCUT2D eigenvalue weighted by Crippen LogP contribution is -2.47. The molecule has 188 valence electrons. The molecule has 2 aliphatic heterocycles. The molecule has 1 N–H and O–H groups in total. The Hall–Kier alpha value is -1.10. The molecule has 2 saturated heterocycles. The highest BCUT2D eigenvalue weighted by Gasteiger charge is 2.23. The molecule has 0 spiro atoms. The van der Waals surface area contributed by atoms with Gasteiger partial charge >= 0.3 is 0 Å². The van der Waals surface area contributed by atoms with E-state index in [0.29, 0.717) is 32.0 Å². The van der Waals surface area contributed by atoms with Crippen LogP contribution in [0.3, 0.4) is 0 Å². The molecular weight excluding hydrogens is 533 g/mol. The van der Waals surface area contributed by atoms with Crippen LogP contribution in [0.4, 0.5) is 0 Å². The van der Waals surface area contributed by atoms with E-state index in [-0.39, 0.29) is 24.0 Å². The topological polar surface area (TPSA) is 64.6 Å². The molecule has 1 atom stereocenters. The summed E-state index contributed by atoms with van der Waals surface area (Å²) >= 11 is 0. The Kier molecular flexibility index (Phi) is 14.1. The minimum Gasteiger partial charge on any atom is -0.493 e. The van der Waals surface area contributed by atoms with Crippen LogP contribution in [0.5, 0.6) is 5.75 Å². The van der Waals surface area contributed by atoms with Crippen molar-refractivity contribution < 1.29 is 18.9 Å². The maximum atomic E-state index is 6.17. The van der Waals surface area contributed by atoms with Crippen molar-refractivity contribution in [2.75, 3.05) is 53.2 Å². The number of guanidine groups is 1. The fraction of sp³-hybridized carbons (Fsp3) is 0.720. The molecule has 2 aliphatic rings. The first kappa shape index (κ1) is 28.1. The lowest BCUT2D eigenvalue weighted by Gasteiger charge is -2.35. The summed E-state index contributed by atoms with van der Waals surface area (Å²) in [6, 6.07) is 8.20. The summed E-state index contributed by atoms with van der Waals surface area (Å²) < 4.78 is 22.9. The SMILES string of the molecule is CCNC(=NCc1cccc(OCCCOC)c1)N1CCC(OCC2CCCCO2)CC1.I. The van der Waals surface area contributed by atoms with Gasteiger partial charge in [-0.25, -0.2) is 4.99 Å². The largest absolute Gasteiger partial charge is 0.493 e. The average molecular weight is 576 g/mol. The highest BCUT2D eigenvalue weighted by atomic mass is 127. The molecule has 7 nitrogen and oxygen atoms in total. The van der Waals surface area contributed by atoms with Crippen LogP contribution in [0.25, 0.3) is 0 Å². The smallest absolute Gasteiger partial charge is 0.194 e. The number of nitrogens with one attached hydrogen (secondary N) is 1. The Bertz CT molecular complexity index is 677. The fourth-order valence-electron chi connectivity index (χ4n) is 4.14. The van der Waals surface area contributed by atoms with Crippen molar-refractivity contribution in [1.29, 1.82) is 0 Å². The van der Waals surface area contributed by atoms with Crippen LogP contribution in [-0.4, -0.2) is 76.2 Å². The first-order valence-electron chi connectivity index (χ1n) is 12.3. The Morgan fingerprint density at radius 1 is 1.18 bits per heavy atom. The van der Waals surface area contributed by atoms with Crippen molar-refractivity contribution in [1.82, 2.24) is 10.2 Å². The summed E-state index contributed by atoms with van der Waals surface area (Å²) in [6.45, 7) is 8.53. The predicted octanol–water partition coefficient (Wildman–Crippen LogP) is 4.24. The molecule has 1 aromatic rings. The van der Waals surface area contributed by atoms with E-state index in [0.717, 1.165) is 75.8 Å². The summed E-state index contributed by atoms with van der Waals surface area (Å²) in [5.74, 6) is 1.87. The molecule has 33 heavy (non-hydrogen) atoms. The van der Waals surface area contributed by atoms with Gasteiger partial charge in [0, 0.05) is 46.4 Å². The molecule has 2 heterocycles. The first-order chi connectivity index (χ1) is 15.8. The molecule has 0 amide bonds. The second-order valence-corrected chi connectivity index (χ2v) is 8.52. The zero-order valence-corrected chi connectivity index (χ0v) is 22.6. The number of likely N-dealkylation sites (tertiary alicyclic amines) is 1. The molecule has 0 radical (unpaired) electrons. The van der Waals surface area contributed by atoms with Gasteiger partial charge in [-0.3, -0.25) is 0 Å². The normalized spacial score (nSPS) is 19.8. The highest BCUT2D eigenvalue weighted by molar-refractivity contribution is 14.0. The van der Waals surface area contributed by atoms with Crippen LogP contribution in [0.2, 0.25) is 0 Å². The fourth-order valence-corrected chi connectivity index (χ4v) is 4.14. The lowest BCUT2D eigenvalue weighted by molar-refractivity contribution is -0.0721. The van der Waals surface area contributed by atoms with Gasteiger partial charge in [0.1, 0.15) is 5.75 Å². The van der Waals surface area contributed by atoms with Crippen LogP contribution in [0.1, 0.15) is 51.0 Å². The molecule has 3 rings (SSSR count). The summed E-state index contributed by atoms with van der Waals surface area (Å²) in [4.78, 5) is 7.25. The lowest BCUT2D eigenvalue weighted by atomic mass is 10.1. The van der Waals surface area contributed by atoms with Crippen molar-refractivity contribution >= 4 is 29.9 Å². The third-order valence-electron chi connectivity index (χ3n) is 5.94. The molecular formula is C25H42IN3O4. The van der Waals surface area contributed by atoms with Gasteiger partial charge in [0.05, 0.1) is 32.0 Å². The second kappa shape index (κ2) is 16.5. The maximum Gasteiger partial charge on any atom is 0.194 e. The van der Waals surface area contributed by atoms with E-state index in [4.69, 9.17) is 23.9 Å². The van der Waals surface area contributed by atoms with Crippen LogP contribution in [0.15, 0.2) is 29.3 Å². The van der Waals surface area contributed by atoms with E-state index in [2.05, 4.69) is 29.3 Å². The minimum atomic E-state index is 0. The summed E-state index contributed by atoms with van der Waals surface area (Å²) in [6.07, 6.45) is 7.15. The Morgan fingerprint density at radius 2 is 2.03 bits per heavy atom. The number of hydrogen-bond donors (Lipinski definition) is 1. The Morgan fingerprint density at radius 3 is 2.76 bits per heavy atom. The summed E-state index contributed by atoms with van der Waals surface area (Å²) in [5, 5.41) is 3.45. The number of halogens is 1. The first-order valence-corrected chi connectivity index (χ1v) is 12.3. The monoisotopic (exact) mass is 575 g/mol. The Labute approximate surface area is 216 Å². The van der Waals surface area contributed by atoms with Crippen LogP contribution < -0.4 is 10.1 Å². The van der Waals surface area contributed by atoms with E-state index >= 15 is 0 Å². The van der Waals surface area contributed by atoms with Crippen molar-refractivity contribution in [3.8, 4) is 5.75 Å². The zero-order valence-electron chi connectivity index (χ0n) is 20.3. The van der Waals surface area contributed by atoms with E-state index < -0.39 is 0 Å². The van der Waals surface area contributed by atoms with Crippen molar-refractivity contribution in [3.05, 3.63) is 29.8 Å². The zero-order chi connectivity index (χ0) is 22.4. The number of piperidine rings is 1. The number of methoxy groups -OCH3 is 1. The van der Waals surface area contributed by atoms with Gasteiger partial charge in [-0.1, -0.05) is 12.1 Å². The molecule has 0 saturated carbocycles. The predicted molar refractivity (Wildman–Crippen MR) is 143 cm³/mol. The number of ether oxygens (including phenoxy) is 4. The maximum absolute atomic E-state index is 6.17. The molecule has 1 aromatic carbocycles. The van der Waals surface area contributed by atoms with Gasteiger partial charge in [0.15, 0.2) is 5.96 Å². The van der Waals surface area contributed by atoms with Gasteiger partial charge in [-0.15, -0.1) is 24.0 Å². The third kappa shape index (κ3) is 10.4. The molecule has 1 unspecified atom stereocenters. The standard InChI is InChI=1S/C25H41N3O4.HI/c1-3-26-25(27-19-21-8-6-10-23(18-21)30-17-7-15-29-2)28-13-11-22(12-14-28)32-20-24-9-4-5-16-31-24;/h6,8,10,18,22,24H,3-5,7,9,11-17,19-20H2,1-2H3,(H,26,27);1H. The van der Waals surface area contributed by atoms with E-state index in [9.17, 15) is 0 Å². The van der Waals surface area contributed by atoms with E-state index in [1.54, 1.807) is 7.11 Å². The third-order valence-corrected chi connectivity index (χ3v) is 5.94. The molecule has 0 aliphatic carbocycles. The Balaban J connectivity index is 0.00000385. The van der Waals surface area contributed by atoms with Crippen LogP contribution in [0, 0.1) is 0 Å². The average Bonchev–Trinajstić information content (AvgIpc) is 2.84. The van der Waals surface area contributed by atoms with Gasteiger partial charge in [-0.2, -0.15) is 0 Å². The number of nitrogens with zero attached hydrogens (tertiary/aromatic N) is 2. The van der Waals surface area contributed by atoms with Crippen LogP contribution in [-0.2, 0) is 20.8 Å². The number of hydrogen-bond acceptors (Lipinski definition) is 5. The quantitative estimate of drug-likeness (QED) is 0.185. The van der Waals surface area contributed by atoms with Crippen LogP contribution >= 0.6 is 24.0 Å². The molecule has 0 aromatic heterocycles.